The zero-order chi connectivity index (χ0) is 16.4. The minimum atomic E-state index is -0.330. The molecule has 116 valence electrons. The van der Waals surface area contributed by atoms with Crippen molar-refractivity contribution in [2.45, 2.75) is 0 Å². The Morgan fingerprint density at radius 1 is 1.13 bits per heavy atom. The van der Waals surface area contributed by atoms with E-state index in [-0.39, 0.29) is 11.8 Å². The Hall–Kier alpha value is -2.86. The van der Waals surface area contributed by atoms with Gasteiger partial charge in [0.1, 0.15) is 0 Å². The molecular formula is C16H13ClN4O2. The molecule has 2 heterocycles. The zero-order valence-electron chi connectivity index (χ0n) is 12.2. The van der Waals surface area contributed by atoms with Gasteiger partial charge in [0.25, 0.3) is 11.8 Å². The van der Waals surface area contributed by atoms with Crippen LogP contribution in [0.25, 0.3) is 5.52 Å². The predicted molar refractivity (Wildman–Crippen MR) is 88.0 cm³/mol. The van der Waals surface area contributed by atoms with E-state index < -0.39 is 0 Å². The molecule has 7 heteroatoms. The number of rotatable bonds is 3. The van der Waals surface area contributed by atoms with Crippen molar-refractivity contribution in [3.8, 4) is 0 Å². The van der Waals surface area contributed by atoms with Gasteiger partial charge in [-0.05, 0) is 36.4 Å². The normalized spacial score (nSPS) is 10.5. The van der Waals surface area contributed by atoms with Crippen LogP contribution in [0.3, 0.4) is 0 Å². The highest BCUT2D eigenvalue weighted by molar-refractivity contribution is 6.31. The summed E-state index contributed by atoms with van der Waals surface area (Å²) >= 11 is 5.93. The van der Waals surface area contributed by atoms with Gasteiger partial charge in [-0.25, -0.2) is 4.52 Å². The van der Waals surface area contributed by atoms with Gasteiger partial charge in [-0.2, -0.15) is 5.10 Å². The number of anilines is 1. The molecule has 0 atom stereocenters. The second-order valence-corrected chi connectivity index (χ2v) is 5.24. The number of fused-ring (bicyclic) bond motifs is 1. The Kier molecular flexibility index (Phi) is 3.99. The van der Waals surface area contributed by atoms with Crippen molar-refractivity contribution in [1.29, 1.82) is 0 Å². The lowest BCUT2D eigenvalue weighted by atomic mass is 10.1. The smallest absolute Gasteiger partial charge is 0.257 e. The van der Waals surface area contributed by atoms with Crippen LogP contribution in [0.5, 0.6) is 0 Å². The summed E-state index contributed by atoms with van der Waals surface area (Å²) in [4.78, 5) is 24.5. The molecule has 23 heavy (non-hydrogen) atoms. The van der Waals surface area contributed by atoms with Crippen LogP contribution >= 0.6 is 11.6 Å². The van der Waals surface area contributed by atoms with Crippen LogP contribution in [0.2, 0.25) is 5.02 Å². The highest BCUT2D eigenvalue weighted by Gasteiger charge is 2.16. The number of pyridine rings is 1. The molecule has 0 aliphatic heterocycles. The maximum Gasteiger partial charge on any atom is 0.257 e. The van der Waals surface area contributed by atoms with E-state index in [9.17, 15) is 9.59 Å². The first-order valence-electron chi connectivity index (χ1n) is 6.85. The lowest BCUT2D eigenvalue weighted by Crippen LogP contribution is -2.21. The van der Waals surface area contributed by atoms with Gasteiger partial charge in [0.15, 0.2) is 0 Å². The van der Waals surface area contributed by atoms with Crippen LogP contribution in [0.4, 0.5) is 5.69 Å². The second-order valence-electron chi connectivity index (χ2n) is 4.81. The largest absolute Gasteiger partial charge is 0.355 e. The van der Waals surface area contributed by atoms with Gasteiger partial charge in [-0.3, -0.25) is 9.59 Å². The quantitative estimate of drug-likeness (QED) is 0.776. The topological polar surface area (TPSA) is 75.5 Å². The van der Waals surface area contributed by atoms with E-state index in [2.05, 4.69) is 15.7 Å². The average molecular weight is 329 g/mol. The average Bonchev–Trinajstić information content (AvgIpc) is 3.04. The maximum atomic E-state index is 12.6. The summed E-state index contributed by atoms with van der Waals surface area (Å²) in [5.74, 6) is -0.658. The first-order chi connectivity index (χ1) is 11.1. The fourth-order valence-electron chi connectivity index (χ4n) is 2.28. The van der Waals surface area contributed by atoms with Crippen molar-refractivity contribution < 1.29 is 9.59 Å². The van der Waals surface area contributed by atoms with E-state index in [4.69, 9.17) is 11.6 Å². The van der Waals surface area contributed by atoms with Crippen LogP contribution in [0.1, 0.15) is 20.7 Å². The molecule has 0 fully saturated rings. The van der Waals surface area contributed by atoms with Gasteiger partial charge in [0, 0.05) is 18.3 Å². The number of aromatic nitrogens is 2. The summed E-state index contributed by atoms with van der Waals surface area (Å²) in [6.45, 7) is 0. The molecule has 0 aliphatic rings. The number of nitrogens with one attached hydrogen (secondary N) is 2. The highest BCUT2D eigenvalue weighted by atomic mass is 35.5. The number of hydrogen-bond donors (Lipinski definition) is 2. The first-order valence-corrected chi connectivity index (χ1v) is 7.23. The molecule has 0 unspecified atom stereocenters. The van der Waals surface area contributed by atoms with Gasteiger partial charge in [-0.1, -0.05) is 11.6 Å². The number of benzene rings is 1. The Balaban J connectivity index is 1.97. The summed E-state index contributed by atoms with van der Waals surface area (Å²) in [7, 11) is 1.52. The van der Waals surface area contributed by atoms with Crippen molar-refractivity contribution in [2.24, 2.45) is 0 Å². The lowest BCUT2D eigenvalue weighted by Gasteiger charge is -2.11. The molecule has 2 aromatic heterocycles. The molecule has 0 spiro atoms. The first kappa shape index (κ1) is 15.1. The van der Waals surface area contributed by atoms with E-state index in [1.165, 1.54) is 13.1 Å². The number of amides is 2. The fourth-order valence-corrected chi connectivity index (χ4v) is 2.45. The number of halogens is 1. The molecule has 0 saturated carbocycles. The van der Waals surface area contributed by atoms with Crippen LogP contribution in [0, 0.1) is 0 Å². The molecule has 1 aromatic carbocycles. The molecule has 3 aromatic rings. The minimum Gasteiger partial charge on any atom is -0.355 e. The fraction of sp³-hybridized carbons (Fsp3) is 0.0625. The standard InChI is InChI=1S/C16H13ClN4O2/c1-18-15(22)12-9-10(17)4-5-13(12)20-16(23)11-3-2-8-21-14(11)6-7-19-21/h2-9H,1H3,(H,18,22)(H,20,23). The van der Waals surface area contributed by atoms with Crippen LogP contribution in [-0.2, 0) is 0 Å². The Morgan fingerprint density at radius 2 is 1.96 bits per heavy atom. The second kappa shape index (κ2) is 6.10. The number of nitrogens with zero attached hydrogens (tertiary/aromatic N) is 2. The summed E-state index contributed by atoms with van der Waals surface area (Å²) in [6, 6.07) is 9.90. The lowest BCUT2D eigenvalue weighted by molar-refractivity contribution is 0.0964. The van der Waals surface area contributed by atoms with E-state index in [1.54, 1.807) is 47.2 Å². The van der Waals surface area contributed by atoms with E-state index >= 15 is 0 Å². The molecule has 2 N–H and O–H groups in total. The third kappa shape index (κ3) is 2.89. The zero-order valence-corrected chi connectivity index (χ0v) is 13.0. The molecule has 0 bridgehead atoms. The van der Waals surface area contributed by atoms with Crippen LogP contribution < -0.4 is 10.6 Å². The Labute approximate surface area is 137 Å². The van der Waals surface area contributed by atoms with Crippen molar-refractivity contribution in [3.05, 3.63) is 64.9 Å². The summed E-state index contributed by atoms with van der Waals surface area (Å²) in [6.07, 6.45) is 3.37. The summed E-state index contributed by atoms with van der Waals surface area (Å²) in [5.41, 5.74) is 1.83. The molecule has 0 radical (unpaired) electrons. The van der Waals surface area contributed by atoms with E-state index in [1.807, 2.05) is 0 Å². The van der Waals surface area contributed by atoms with Crippen molar-refractivity contribution in [1.82, 2.24) is 14.9 Å². The van der Waals surface area contributed by atoms with E-state index in [0.717, 1.165) is 0 Å². The predicted octanol–water partition coefficient (Wildman–Crippen LogP) is 2.60. The van der Waals surface area contributed by atoms with Crippen molar-refractivity contribution in [2.75, 3.05) is 12.4 Å². The van der Waals surface area contributed by atoms with Gasteiger partial charge < -0.3 is 10.6 Å². The number of carbonyl (C=O) groups excluding carboxylic acids is 2. The van der Waals surface area contributed by atoms with Crippen LogP contribution in [-0.4, -0.2) is 28.5 Å². The summed E-state index contributed by atoms with van der Waals surface area (Å²) < 4.78 is 1.61. The molecule has 0 saturated heterocycles. The number of hydrogen-bond acceptors (Lipinski definition) is 3. The SMILES string of the molecule is CNC(=O)c1cc(Cl)ccc1NC(=O)c1cccn2nccc12. The Morgan fingerprint density at radius 3 is 2.74 bits per heavy atom. The minimum absolute atomic E-state index is 0.300. The Bertz CT molecular complexity index is 904. The van der Waals surface area contributed by atoms with Gasteiger partial charge in [0.05, 0.1) is 28.5 Å². The van der Waals surface area contributed by atoms with Crippen molar-refractivity contribution >= 4 is 34.6 Å². The van der Waals surface area contributed by atoms with Crippen LogP contribution in [0.15, 0.2) is 48.8 Å². The number of carbonyl (C=O) groups is 2. The van der Waals surface area contributed by atoms with Gasteiger partial charge in [0.2, 0.25) is 0 Å². The van der Waals surface area contributed by atoms with Gasteiger partial charge in [-0.15, -0.1) is 0 Å². The van der Waals surface area contributed by atoms with Crippen molar-refractivity contribution in [3.63, 3.8) is 0 Å². The molecule has 0 aliphatic carbocycles. The van der Waals surface area contributed by atoms with E-state index in [0.29, 0.717) is 27.4 Å². The maximum absolute atomic E-state index is 12.6. The molecular weight excluding hydrogens is 316 g/mol. The third-order valence-electron chi connectivity index (χ3n) is 3.38. The monoisotopic (exact) mass is 328 g/mol. The highest BCUT2D eigenvalue weighted by Crippen LogP contribution is 2.22. The van der Waals surface area contributed by atoms with Gasteiger partial charge >= 0.3 is 0 Å². The molecule has 3 rings (SSSR count). The molecule has 2 amide bonds. The third-order valence-corrected chi connectivity index (χ3v) is 3.62. The molecule has 6 nitrogen and oxygen atoms in total. The summed E-state index contributed by atoms with van der Waals surface area (Å²) in [5, 5.41) is 9.79.